The smallest absolute Gasteiger partial charge is 0.378 e. The highest BCUT2D eigenvalue weighted by Crippen LogP contribution is 2.36. The summed E-state index contributed by atoms with van der Waals surface area (Å²) in [5.41, 5.74) is 0.153. The van der Waals surface area contributed by atoms with Crippen LogP contribution in [0.25, 0.3) is 0 Å². The zero-order chi connectivity index (χ0) is 22.6. The van der Waals surface area contributed by atoms with E-state index in [9.17, 15) is 18.0 Å². The van der Waals surface area contributed by atoms with Crippen LogP contribution < -0.4 is 15.1 Å². The quantitative estimate of drug-likeness (QED) is 0.757. The second-order valence-electron chi connectivity index (χ2n) is 8.00. The molecule has 2 fully saturated rings. The maximum atomic E-state index is 13.4. The number of alkyl halides is 3. The van der Waals surface area contributed by atoms with Crippen molar-refractivity contribution in [2.75, 3.05) is 49.2 Å². The summed E-state index contributed by atoms with van der Waals surface area (Å²) in [6.07, 6.45) is -0.162. The molecule has 0 spiro atoms. The van der Waals surface area contributed by atoms with E-state index in [0.29, 0.717) is 39.1 Å². The van der Waals surface area contributed by atoms with Gasteiger partial charge in [-0.1, -0.05) is 0 Å². The number of nitrogens with one attached hydrogen (secondary N) is 1. The van der Waals surface area contributed by atoms with Gasteiger partial charge in [0.15, 0.2) is 0 Å². The Morgan fingerprint density at radius 2 is 1.94 bits per heavy atom. The van der Waals surface area contributed by atoms with Gasteiger partial charge in [0, 0.05) is 45.1 Å². The fraction of sp³-hybridized carbons (Fsp3) is 0.500. The number of nitrogens with zero attached hydrogens (tertiary/aromatic N) is 4. The van der Waals surface area contributed by atoms with E-state index in [1.807, 2.05) is 12.1 Å². The van der Waals surface area contributed by atoms with Gasteiger partial charge in [0.2, 0.25) is 5.91 Å². The molecule has 1 amide bonds. The van der Waals surface area contributed by atoms with Gasteiger partial charge in [0.25, 0.3) is 0 Å². The zero-order valence-corrected chi connectivity index (χ0v) is 17.6. The van der Waals surface area contributed by atoms with Gasteiger partial charge in [-0.3, -0.25) is 4.79 Å². The molecule has 2 aliphatic heterocycles. The molecule has 32 heavy (non-hydrogen) atoms. The minimum Gasteiger partial charge on any atom is -0.378 e. The minimum absolute atomic E-state index is 0.109. The third kappa shape index (κ3) is 5.29. The Kier molecular flexibility index (Phi) is 6.78. The van der Waals surface area contributed by atoms with Crippen LogP contribution in [-0.4, -0.2) is 55.3 Å². The molecule has 2 aromatic rings. The predicted octanol–water partition coefficient (Wildman–Crippen LogP) is 2.86. The molecule has 0 saturated carbocycles. The van der Waals surface area contributed by atoms with Crippen LogP contribution in [0, 0.1) is 5.92 Å². The largest absolute Gasteiger partial charge is 0.419 e. The Morgan fingerprint density at radius 1 is 1.12 bits per heavy atom. The molecule has 0 unspecified atom stereocenters. The molecule has 10 heteroatoms. The van der Waals surface area contributed by atoms with Crippen molar-refractivity contribution < 1.29 is 22.7 Å². The molecule has 1 N–H and O–H groups in total. The summed E-state index contributed by atoms with van der Waals surface area (Å²) < 4.78 is 45.5. The van der Waals surface area contributed by atoms with Crippen molar-refractivity contribution in [1.29, 1.82) is 0 Å². The molecular formula is C22H26F3N5O2. The third-order valence-electron chi connectivity index (χ3n) is 5.80. The fourth-order valence-corrected chi connectivity index (χ4v) is 4.12. The standard InChI is InChI=1S/C22H26F3N5O2/c23-22(24,25)18-4-1-6-27-20(18)30-8-2-3-17(15-30)21(31)28-14-16-5-7-26-19(13-16)29-9-11-32-12-10-29/h1,4-7,13,17H,2-3,8-12,14-15H2,(H,28,31)/t17-/m0/s1. The van der Waals surface area contributed by atoms with Crippen molar-refractivity contribution >= 4 is 17.5 Å². The van der Waals surface area contributed by atoms with Gasteiger partial charge in [-0.05, 0) is 42.7 Å². The van der Waals surface area contributed by atoms with E-state index in [1.54, 1.807) is 11.1 Å². The van der Waals surface area contributed by atoms with E-state index in [2.05, 4.69) is 20.2 Å². The molecule has 7 nitrogen and oxygen atoms in total. The van der Waals surface area contributed by atoms with Crippen molar-refractivity contribution in [3.8, 4) is 0 Å². The van der Waals surface area contributed by atoms with Gasteiger partial charge >= 0.3 is 6.18 Å². The minimum atomic E-state index is -4.49. The number of rotatable bonds is 5. The lowest BCUT2D eigenvalue weighted by molar-refractivity contribution is -0.137. The SMILES string of the molecule is O=C(NCc1ccnc(N2CCOCC2)c1)[C@H]1CCCN(c2ncccc2C(F)(F)F)C1. The number of carbonyl (C=O) groups excluding carboxylic acids is 1. The first-order chi connectivity index (χ1) is 15.4. The van der Waals surface area contributed by atoms with Crippen LogP contribution in [0.5, 0.6) is 0 Å². The van der Waals surface area contributed by atoms with Gasteiger partial charge in [-0.2, -0.15) is 13.2 Å². The first kappa shape index (κ1) is 22.3. The summed E-state index contributed by atoms with van der Waals surface area (Å²) in [5, 5.41) is 2.94. The van der Waals surface area contributed by atoms with E-state index in [4.69, 9.17) is 4.74 Å². The Bertz CT molecular complexity index is 934. The number of halogens is 3. The normalized spacial score (nSPS) is 19.7. The third-order valence-corrected chi connectivity index (χ3v) is 5.80. The Morgan fingerprint density at radius 3 is 2.72 bits per heavy atom. The molecule has 4 heterocycles. The van der Waals surface area contributed by atoms with Gasteiger partial charge in [0.05, 0.1) is 24.7 Å². The van der Waals surface area contributed by atoms with E-state index >= 15 is 0 Å². The molecular weight excluding hydrogens is 423 g/mol. The predicted molar refractivity (Wildman–Crippen MR) is 113 cm³/mol. The summed E-state index contributed by atoms with van der Waals surface area (Å²) in [6, 6.07) is 6.10. The fourth-order valence-electron chi connectivity index (χ4n) is 4.12. The average Bonchev–Trinajstić information content (AvgIpc) is 2.83. The van der Waals surface area contributed by atoms with Crippen LogP contribution in [0.1, 0.15) is 24.0 Å². The zero-order valence-electron chi connectivity index (χ0n) is 17.6. The van der Waals surface area contributed by atoms with E-state index in [1.165, 1.54) is 12.3 Å². The van der Waals surface area contributed by atoms with E-state index in [0.717, 1.165) is 30.5 Å². The van der Waals surface area contributed by atoms with Crippen LogP contribution in [0.2, 0.25) is 0 Å². The molecule has 0 bridgehead atoms. The van der Waals surface area contributed by atoms with Crippen molar-refractivity contribution in [3.63, 3.8) is 0 Å². The molecule has 2 aromatic heterocycles. The Balaban J connectivity index is 1.37. The van der Waals surface area contributed by atoms with Crippen LogP contribution in [0.4, 0.5) is 24.8 Å². The number of pyridine rings is 2. The van der Waals surface area contributed by atoms with Gasteiger partial charge in [-0.15, -0.1) is 0 Å². The summed E-state index contributed by atoms with van der Waals surface area (Å²) >= 11 is 0. The Hall–Kier alpha value is -2.88. The number of aromatic nitrogens is 2. The van der Waals surface area contributed by atoms with Crippen molar-refractivity contribution in [2.45, 2.75) is 25.6 Å². The number of hydrogen-bond acceptors (Lipinski definition) is 6. The van der Waals surface area contributed by atoms with Crippen LogP contribution in [0.15, 0.2) is 36.7 Å². The van der Waals surface area contributed by atoms with E-state index < -0.39 is 17.7 Å². The summed E-state index contributed by atoms with van der Waals surface area (Å²) in [4.78, 5) is 24.9. The number of hydrogen-bond donors (Lipinski definition) is 1. The number of morpholine rings is 1. The average molecular weight is 449 g/mol. The van der Waals surface area contributed by atoms with Crippen LogP contribution in [-0.2, 0) is 22.3 Å². The number of ether oxygens (including phenoxy) is 1. The van der Waals surface area contributed by atoms with Crippen molar-refractivity contribution in [2.24, 2.45) is 5.92 Å². The van der Waals surface area contributed by atoms with E-state index in [-0.39, 0.29) is 18.3 Å². The highest BCUT2D eigenvalue weighted by Gasteiger charge is 2.37. The van der Waals surface area contributed by atoms with Crippen molar-refractivity contribution in [1.82, 2.24) is 15.3 Å². The number of piperidine rings is 1. The van der Waals surface area contributed by atoms with Gasteiger partial charge in [0.1, 0.15) is 11.6 Å². The molecule has 0 aromatic carbocycles. The molecule has 2 aliphatic rings. The summed E-state index contributed by atoms with van der Waals surface area (Å²) in [7, 11) is 0. The first-order valence-electron chi connectivity index (χ1n) is 10.7. The number of anilines is 2. The lowest BCUT2D eigenvalue weighted by Crippen LogP contribution is -2.43. The summed E-state index contributed by atoms with van der Waals surface area (Å²) in [6.45, 7) is 3.85. The van der Waals surface area contributed by atoms with Crippen LogP contribution in [0.3, 0.4) is 0 Å². The maximum absolute atomic E-state index is 13.4. The van der Waals surface area contributed by atoms with Crippen LogP contribution >= 0.6 is 0 Å². The highest BCUT2D eigenvalue weighted by molar-refractivity contribution is 5.79. The topological polar surface area (TPSA) is 70.6 Å². The monoisotopic (exact) mass is 449 g/mol. The molecule has 0 aliphatic carbocycles. The number of carbonyl (C=O) groups is 1. The lowest BCUT2D eigenvalue weighted by Gasteiger charge is -2.34. The molecule has 4 rings (SSSR count). The molecule has 0 radical (unpaired) electrons. The highest BCUT2D eigenvalue weighted by atomic mass is 19.4. The molecule has 1 atom stereocenters. The lowest BCUT2D eigenvalue weighted by atomic mass is 9.96. The molecule has 172 valence electrons. The Labute approximate surface area is 184 Å². The second-order valence-corrected chi connectivity index (χ2v) is 8.00. The summed E-state index contributed by atoms with van der Waals surface area (Å²) in [5.74, 6) is 0.178. The van der Waals surface area contributed by atoms with Crippen molar-refractivity contribution in [3.05, 3.63) is 47.8 Å². The molecule has 2 saturated heterocycles. The number of amides is 1. The van der Waals surface area contributed by atoms with Gasteiger partial charge in [-0.25, -0.2) is 9.97 Å². The second kappa shape index (κ2) is 9.72. The van der Waals surface area contributed by atoms with Gasteiger partial charge < -0.3 is 19.9 Å². The maximum Gasteiger partial charge on any atom is 0.419 e. The first-order valence-corrected chi connectivity index (χ1v) is 10.7.